The molecule has 1 spiro atoms. The molecule has 10 heteroatoms. The number of halogens is 1. The van der Waals surface area contributed by atoms with Crippen LogP contribution in [0, 0.1) is 11.7 Å². The monoisotopic (exact) mass is 522 g/mol. The fourth-order valence-electron chi connectivity index (χ4n) is 6.00. The Morgan fingerprint density at radius 1 is 1.13 bits per heavy atom. The van der Waals surface area contributed by atoms with Gasteiger partial charge in [-0.3, -0.25) is 9.59 Å². The van der Waals surface area contributed by atoms with E-state index in [0.29, 0.717) is 24.1 Å². The van der Waals surface area contributed by atoms with Crippen LogP contribution >= 0.6 is 0 Å². The van der Waals surface area contributed by atoms with Crippen molar-refractivity contribution in [2.45, 2.75) is 57.2 Å². The highest BCUT2D eigenvalue weighted by Gasteiger charge is 2.58. The summed E-state index contributed by atoms with van der Waals surface area (Å²) in [5.41, 5.74) is 1.27. The second-order valence-electron chi connectivity index (χ2n) is 10.4. The van der Waals surface area contributed by atoms with Gasteiger partial charge >= 0.3 is 12.1 Å². The summed E-state index contributed by atoms with van der Waals surface area (Å²) in [4.78, 5) is 54.6. The number of fused-ring (bicyclic) bond motifs is 2. The Balaban J connectivity index is 1.38. The molecule has 1 aliphatic carbocycles. The van der Waals surface area contributed by atoms with E-state index in [1.807, 2.05) is 13.8 Å². The number of urea groups is 1. The molecule has 3 atom stereocenters. The molecule has 38 heavy (non-hydrogen) atoms. The zero-order chi connectivity index (χ0) is 27.2. The van der Waals surface area contributed by atoms with Gasteiger partial charge in [0, 0.05) is 30.8 Å². The lowest BCUT2D eigenvalue weighted by molar-refractivity contribution is -0.143. The van der Waals surface area contributed by atoms with E-state index in [0.717, 1.165) is 22.4 Å². The Kier molecular flexibility index (Phi) is 6.58. The van der Waals surface area contributed by atoms with E-state index >= 15 is 0 Å². The number of benzene rings is 2. The minimum Gasteiger partial charge on any atom is -0.427 e. The summed E-state index contributed by atoms with van der Waals surface area (Å²) in [6.45, 7) is 3.64. The number of nitrogens with one attached hydrogen (secondary N) is 2. The summed E-state index contributed by atoms with van der Waals surface area (Å²) >= 11 is 0. The van der Waals surface area contributed by atoms with Crippen LogP contribution < -0.4 is 10.6 Å². The Hall–Kier alpha value is -3.95. The van der Waals surface area contributed by atoms with E-state index in [1.54, 1.807) is 35.2 Å². The summed E-state index contributed by atoms with van der Waals surface area (Å²) < 4.78 is 19.2. The van der Waals surface area contributed by atoms with Crippen molar-refractivity contribution in [1.29, 1.82) is 0 Å². The molecule has 0 radical (unpaired) electrons. The Bertz CT molecular complexity index is 1300. The van der Waals surface area contributed by atoms with Crippen molar-refractivity contribution in [1.82, 2.24) is 15.1 Å². The Morgan fingerprint density at radius 2 is 1.87 bits per heavy atom. The quantitative estimate of drug-likeness (QED) is 0.615. The first-order valence-corrected chi connectivity index (χ1v) is 12.9. The summed E-state index contributed by atoms with van der Waals surface area (Å²) in [5.74, 6) is -1.09. The van der Waals surface area contributed by atoms with Crippen molar-refractivity contribution < 1.29 is 28.3 Å². The highest BCUT2D eigenvalue weighted by atomic mass is 19.1. The Morgan fingerprint density at radius 3 is 2.55 bits per heavy atom. The normalized spacial score (nSPS) is 24.2. The van der Waals surface area contributed by atoms with E-state index in [4.69, 9.17) is 4.74 Å². The molecule has 2 N–H and O–H groups in total. The van der Waals surface area contributed by atoms with Crippen molar-refractivity contribution in [3.8, 4) is 0 Å². The number of amides is 5. The molecule has 5 rings (SSSR count). The summed E-state index contributed by atoms with van der Waals surface area (Å²) in [7, 11) is 1.51. The smallest absolute Gasteiger partial charge is 0.418 e. The van der Waals surface area contributed by atoms with Crippen molar-refractivity contribution in [2.75, 3.05) is 18.9 Å². The fourth-order valence-corrected chi connectivity index (χ4v) is 6.00. The first-order chi connectivity index (χ1) is 18.1. The van der Waals surface area contributed by atoms with Gasteiger partial charge in [0.2, 0.25) is 11.5 Å². The van der Waals surface area contributed by atoms with Crippen LogP contribution in [0.25, 0.3) is 0 Å². The lowest BCUT2D eigenvalue weighted by Crippen LogP contribution is -2.47. The maximum atomic E-state index is 13.7. The first kappa shape index (κ1) is 25.7. The molecule has 0 bridgehead atoms. The second-order valence-corrected chi connectivity index (χ2v) is 10.4. The van der Waals surface area contributed by atoms with Crippen molar-refractivity contribution >= 4 is 29.6 Å². The lowest BCUT2D eigenvalue weighted by Gasteiger charge is -2.33. The van der Waals surface area contributed by atoms with Crippen LogP contribution in [0.5, 0.6) is 0 Å². The molecule has 9 nitrogen and oxygen atoms in total. The summed E-state index contributed by atoms with van der Waals surface area (Å²) in [6, 6.07) is 10.5. The Labute approximate surface area is 220 Å². The third kappa shape index (κ3) is 4.27. The fraction of sp³-hybridized carbons (Fsp3) is 0.429. The first-order valence-electron chi connectivity index (χ1n) is 12.9. The van der Waals surface area contributed by atoms with Crippen LogP contribution in [-0.4, -0.2) is 53.4 Å². The van der Waals surface area contributed by atoms with Gasteiger partial charge in [-0.15, -0.1) is 0 Å². The van der Waals surface area contributed by atoms with Gasteiger partial charge in [-0.1, -0.05) is 32.0 Å². The van der Waals surface area contributed by atoms with E-state index in [9.17, 15) is 23.6 Å². The molecule has 5 amide bonds. The van der Waals surface area contributed by atoms with Gasteiger partial charge in [-0.25, -0.2) is 18.9 Å². The average molecular weight is 523 g/mol. The van der Waals surface area contributed by atoms with Crippen LogP contribution in [0.15, 0.2) is 42.5 Å². The molecule has 2 saturated heterocycles. The number of carbonyl (C=O) groups excluding carboxylic acids is 4. The number of hydrogen-bond donors (Lipinski definition) is 2. The highest BCUT2D eigenvalue weighted by molar-refractivity contribution is 6.06. The van der Waals surface area contributed by atoms with Crippen molar-refractivity contribution in [3.05, 3.63) is 65.0 Å². The van der Waals surface area contributed by atoms with Gasteiger partial charge in [0.25, 0.3) is 5.91 Å². The maximum absolute atomic E-state index is 13.7. The molecule has 3 aliphatic rings. The van der Waals surface area contributed by atoms with Crippen LogP contribution in [0.1, 0.15) is 55.8 Å². The lowest BCUT2D eigenvalue weighted by atomic mass is 9.94. The van der Waals surface area contributed by atoms with E-state index < -0.39 is 24.1 Å². The summed E-state index contributed by atoms with van der Waals surface area (Å²) in [6.07, 6.45) is 1.38. The van der Waals surface area contributed by atoms with E-state index in [1.165, 1.54) is 19.2 Å². The minimum atomic E-state index is -1.48. The van der Waals surface area contributed by atoms with Gasteiger partial charge in [-0.05, 0) is 60.6 Å². The van der Waals surface area contributed by atoms with Crippen LogP contribution in [-0.2, 0) is 26.3 Å². The molecule has 2 heterocycles. The molecular formula is C28H31FN4O5. The number of rotatable bonds is 5. The molecule has 0 aromatic heterocycles. The number of aryl methyl sites for hydroxylation is 1. The number of hydrogen-bond acceptors (Lipinski definition) is 5. The molecule has 2 fully saturated rings. The average Bonchev–Trinajstić information content (AvgIpc) is 3.56. The SMILES string of the molecule is CNC(=O)Nc1ccc2c(c1)CCC21OC(=O)N(CC(=O)N2[C@@H](c3ccc(F)cc3)CC[C@H]2C(C)C)C1=O. The number of imide groups is 1. The molecule has 2 aliphatic heterocycles. The maximum Gasteiger partial charge on any atom is 0.418 e. The number of ether oxygens (including phenoxy) is 1. The third-order valence-corrected chi connectivity index (χ3v) is 7.88. The third-order valence-electron chi connectivity index (χ3n) is 7.88. The molecular weight excluding hydrogens is 491 g/mol. The van der Waals surface area contributed by atoms with Gasteiger partial charge < -0.3 is 20.3 Å². The number of carbonyl (C=O) groups is 4. The van der Waals surface area contributed by atoms with E-state index in [-0.39, 0.29) is 42.2 Å². The van der Waals surface area contributed by atoms with Gasteiger partial charge in [-0.2, -0.15) is 0 Å². The topological polar surface area (TPSA) is 108 Å². The molecule has 1 unspecified atom stereocenters. The molecule has 2 aromatic carbocycles. The van der Waals surface area contributed by atoms with Gasteiger partial charge in [0.05, 0.1) is 6.04 Å². The van der Waals surface area contributed by atoms with Crippen LogP contribution in [0.2, 0.25) is 0 Å². The zero-order valence-electron chi connectivity index (χ0n) is 21.6. The zero-order valence-corrected chi connectivity index (χ0v) is 21.6. The number of likely N-dealkylation sites (tertiary alicyclic amines) is 1. The highest BCUT2D eigenvalue weighted by Crippen LogP contribution is 2.46. The molecule has 2 aromatic rings. The number of nitrogens with zero attached hydrogens (tertiary/aromatic N) is 2. The van der Waals surface area contributed by atoms with Gasteiger partial charge in [0.1, 0.15) is 12.4 Å². The largest absolute Gasteiger partial charge is 0.427 e. The van der Waals surface area contributed by atoms with Crippen molar-refractivity contribution in [2.24, 2.45) is 5.92 Å². The number of anilines is 1. The predicted octanol–water partition coefficient (Wildman–Crippen LogP) is 4.09. The van der Waals surface area contributed by atoms with Crippen LogP contribution in [0.3, 0.4) is 0 Å². The van der Waals surface area contributed by atoms with Crippen molar-refractivity contribution in [3.63, 3.8) is 0 Å². The molecule has 0 saturated carbocycles. The molecule has 200 valence electrons. The standard InChI is InChI=1S/C28H31FN4O5/c1-16(2)22-10-11-23(17-4-6-19(29)7-5-17)33(22)24(34)15-32-25(35)28(38-27(32)37)13-12-18-14-20(8-9-21(18)28)31-26(36)30-3/h4-9,14,16,22-23H,10-13,15H2,1-3H3,(H2,30,31,36)/t22-,23+,28?/m0/s1. The predicted molar refractivity (Wildman–Crippen MR) is 137 cm³/mol. The second kappa shape index (κ2) is 9.74. The summed E-state index contributed by atoms with van der Waals surface area (Å²) in [5, 5.41) is 5.18. The van der Waals surface area contributed by atoms with Crippen LogP contribution in [0.4, 0.5) is 19.7 Å². The minimum absolute atomic E-state index is 0.0707. The van der Waals surface area contributed by atoms with E-state index in [2.05, 4.69) is 10.6 Å². The van der Waals surface area contributed by atoms with Gasteiger partial charge in [0.15, 0.2) is 0 Å².